The lowest BCUT2D eigenvalue weighted by Crippen LogP contribution is -2.41. The van der Waals surface area contributed by atoms with E-state index in [9.17, 15) is 18.4 Å². The summed E-state index contributed by atoms with van der Waals surface area (Å²) in [4.78, 5) is 27.9. The van der Waals surface area contributed by atoms with Crippen LogP contribution < -0.4 is 10.9 Å². The maximum atomic E-state index is 13.8. The summed E-state index contributed by atoms with van der Waals surface area (Å²) >= 11 is 0. The quantitative estimate of drug-likeness (QED) is 0.653. The number of aryl methyl sites for hydroxylation is 3. The zero-order valence-electron chi connectivity index (χ0n) is 15.1. The van der Waals surface area contributed by atoms with Gasteiger partial charge in [-0.1, -0.05) is 0 Å². The Morgan fingerprint density at radius 1 is 1.11 bits per heavy atom. The van der Waals surface area contributed by atoms with Gasteiger partial charge in [-0.15, -0.1) is 0 Å². The molecule has 0 spiro atoms. The highest BCUT2D eigenvalue weighted by Gasteiger charge is 2.15. The lowest BCUT2D eigenvalue weighted by atomic mass is 10.2. The summed E-state index contributed by atoms with van der Waals surface area (Å²) in [7, 11) is 0. The van der Waals surface area contributed by atoms with E-state index >= 15 is 0 Å². The van der Waals surface area contributed by atoms with E-state index in [1.165, 1.54) is 12.3 Å². The van der Waals surface area contributed by atoms with E-state index in [-0.39, 0.29) is 30.1 Å². The molecule has 2 amide bonds. The first-order chi connectivity index (χ1) is 13.3. The summed E-state index contributed by atoms with van der Waals surface area (Å²) in [5.74, 6) is -1.04. The first-order valence-electron chi connectivity index (χ1n) is 8.40. The zero-order chi connectivity index (χ0) is 20.3. The highest BCUT2D eigenvalue weighted by Crippen LogP contribution is 2.24. The SMILES string of the molecule is Cc1cc(C(=O)NNC(=O)CCc2ncc(-c3ccc(F)cc3F)o2)c(C)o1. The second kappa shape index (κ2) is 8.03. The average Bonchev–Trinajstić information content (AvgIpc) is 3.24. The molecule has 2 aromatic heterocycles. The van der Waals surface area contributed by atoms with Crippen LogP contribution in [0.3, 0.4) is 0 Å². The number of nitrogens with zero attached hydrogens (tertiary/aromatic N) is 1. The van der Waals surface area contributed by atoms with Crippen LogP contribution in [0.1, 0.15) is 34.2 Å². The van der Waals surface area contributed by atoms with Crippen LogP contribution in [0, 0.1) is 25.5 Å². The van der Waals surface area contributed by atoms with Crippen molar-refractivity contribution in [2.45, 2.75) is 26.7 Å². The Morgan fingerprint density at radius 3 is 2.57 bits per heavy atom. The fraction of sp³-hybridized carbons (Fsp3) is 0.211. The first-order valence-corrected chi connectivity index (χ1v) is 8.40. The fourth-order valence-corrected chi connectivity index (χ4v) is 2.57. The topological polar surface area (TPSA) is 97.4 Å². The van der Waals surface area contributed by atoms with Gasteiger partial charge in [0.15, 0.2) is 11.7 Å². The number of nitrogens with one attached hydrogen (secondary N) is 2. The monoisotopic (exact) mass is 389 g/mol. The van der Waals surface area contributed by atoms with Crippen molar-refractivity contribution >= 4 is 11.8 Å². The minimum absolute atomic E-state index is 0.0183. The Kier molecular flexibility index (Phi) is 5.53. The van der Waals surface area contributed by atoms with E-state index in [1.54, 1.807) is 19.9 Å². The first kappa shape index (κ1) is 19.3. The second-order valence-corrected chi connectivity index (χ2v) is 6.07. The molecule has 3 aromatic rings. The molecule has 0 aliphatic rings. The zero-order valence-corrected chi connectivity index (χ0v) is 15.1. The molecule has 0 bridgehead atoms. The predicted molar refractivity (Wildman–Crippen MR) is 94.0 cm³/mol. The van der Waals surface area contributed by atoms with Crippen LogP contribution >= 0.6 is 0 Å². The van der Waals surface area contributed by atoms with Crippen molar-refractivity contribution in [3.63, 3.8) is 0 Å². The molecule has 1 aromatic carbocycles. The number of hydrazine groups is 1. The summed E-state index contributed by atoms with van der Waals surface area (Å²) in [5.41, 5.74) is 4.99. The Hall–Kier alpha value is -3.49. The van der Waals surface area contributed by atoms with E-state index in [2.05, 4.69) is 15.8 Å². The van der Waals surface area contributed by atoms with Crippen molar-refractivity contribution in [3.8, 4) is 11.3 Å². The van der Waals surface area contributed by atoms with E-state index in [4.69, 9.17) is 8.83 Å². The number of carbonyl (C=O) groups is 2. The van der Waals surface area contributed by atoms with Crippen molar-refractivity contribution in [3.05, 3.63) is 65.1 Å². The molecule has 146 valence electrons. The van der Waals surface area contributed by atoms with Gasteiger partial charge in [-0.05, 0) is 32.0 Å². The number of furan rings is 1. The van der Waals surface area contributed by atoms with E-state index < -0.39 is 23.4 Å². The van der Waals surface area contributed by atoms with Gasteiger partial charge in [0.1, 0.15) is 23.2 Å². The molecule has 0 atom stereocenters. The minimum atomic E-state index is -0.770. The minimum Gasteiger partial charge on any atom is -0.466 e. The number of amides is 2. The third-order valence-electron chi connectivity index (χ3n) is 3.92. The molecule has 9 heteroatoms. The van der Waals surface area contributed by atoms with Crippen molar-refractivity contribution < 1.29 is 27.2 Å². The van der Waals surface area contributed by atoms with Crippen LogP contribution in [0.4, 0.5) is 8.78 Å². The largest absolute Gasteiger partial charge is 0.466 e. The maximum Gasteiger partial charge on any atom is 0.273 e. The average molecular weight is 389 g/mol. The van der Waals surface area contributed by atoms with Gasteiger partial charge in [-0.2, -0.15) is 0 Å². The van der Waals surface area contributed by atoms with Gasteiger partial charge in [0.2, 0.25) is 5.91 Å². The number of aromatic nitrogens is 1. The van der Waals surface area contributed by atoms with Gasteiger partial charge >= 0.3 is 0 Å². The smallest absolute Gasteiger partial charge is 0.273 e. The van der Waals surface area contributed by atoms with Crippen LogP contribution in [0.15, 0.2) is 39.3 Å². The summed E-state index contributed by atoms with van der Waals surface area (Å²) in [5, 5.41) is 0. The normalized spacial score (nSPS) is 10.7. The third kappa shape index (κ3) is 4.43. The molecule has 7 nitrogen and oxygen atoms in total. The molecular formula is C19H17F2N3O4. The molecule has 0 saturated heterocycles. The Labute approximate surface area is 158 Å². The molecule has 0 aliphatic carbocycles. The summed E-state index contributed by atoms with van der Waals surface area (Å²) in [6, 6.07) is 4.67. The molecule has 2 heterocycles. The second-order valence-electron chi connectivity index (χ2n) is 6.07. The van der Waals surface area contributed by atoms with Gasteiger partial charge in [0.25, 0.3) is 5.91 Å². The van der Waals surface area contributed by atoms with Crippen LogP contribution in [0.25, 0.3) is 11.3 Å². The Morgan fingerprint density at radius 2 is 1.89 bits per heavy atom. The number of halogens is 2. The molecule has 2 N–H and O–H groups in total. The predicted octanol–water partition coefficient (Wildman–Crippen LogP) is 3.22. The van der Waals surface area contributed by atoms with Gasteiger partial charge in [-0.25, -0.2) is 13.8 Å². The van der Waals surface area contributed by atoms with Crippen LogP contribution in [0.5, 0.6) is 0 Å². The van der Waals surface area contributed by atoms with Crippen molar-refractivity contribution in [2.24, 2.45) is 0 Å². The van der Waals surface area contributed by atoms with E-state index in [1.807, 2.05) is 0 Å². The van der Waals surface area contributed by atoms with Gasteiger partial charge in [0.05, 0.1) is 17.3 Å². The summed E-state index contributed by atoms with van der Waals surface area (Å²) in [6.45, 7) is 3.36. The van der Waals surface area contributed by atoms with E-state index in [0.717, 1.165) is 12.1 Å². The molecule has 0 unspecified atom stereocenters. The van der Waals surface area contributed by atoms with Crippen LogP contribution in [-0.4, -0.2) is 16.8 Å². The number of hydrogen-bond donors (Lipinski definition) is 2. The fourth-order valence-electron chi connectivity index (χ4n) is 2.57. The molecule has 28 heavy (non-hydrogen) atoms. The summed E-state index contributed by atoms with van der Waals surface area (Å²) in [6.07, 6.45) is 1.42. The lowest BCUT2D eigenvalue weighted by molar-refractivity contribution is -0.121. The molecule has 3 rings (SSSR count). The Balaban J connectivity index is 1.52. The molecular weight excluding hydrogens is 372 g/mol. The molecule has 0 aliphatic heterocycles. The highest BCUT2D eigenvalue weighted by atomic mass is 19.1. The van der Waals surface area contributed by atoms with Gasteiger partial charge in [0, 0.05) is 18.9 Å². The number of carbonyl (C=O) groups excluding carboxylic acids is 2. The highest BCUT2D eigenvalue weighted by molar-refractivity contribution is 5.96. The lowest BCUT2D eigenvalue weighted by Gasteiger charge is -2.05. The number of rotatable bonds is 5. The maximum absolute atomic E-state index is 13.8. The molecule has 0 fully saturated rings. The van der Waals surface area contributed by atoms with Crippen molar-refractivity contribution in [1.29, 1.82) is 0 Å². The Bertz CT molecular complexity index is 1030. The number of oxazole rings is 1. The number of hydrogen-bond acceptors (Lipinski definition) is 5. The van der Waals surface area contributed by atoms with Crippen LogP contribution in [-0.2, 0) is 11.2 Å². The molecule has 0 radical (unpaired) electrons. The van der Waals surface area contributed by atoms with Gasteiger partial charge in [-0.3, -0.25) is 20.4 Å². The number of benzene rings is 1. The standard InChI is InChI=1S/C19H17F2N3O4/c1-10-7-14(11(2)27-10)19(26)24-23-17(25)5-6-18-22-9-16(28-18)13-4-3-12(20)8-15(13)21/h3-4,7-9H,5-6H2,1-2H3,(H,23,25)(H,24,26). The molecule has 0 saturated carbocycles. The van der Waals surface area contributed by atoms with Crippen LogP contribution in [0.2, 0.25) is 0 Å². The van der Waals surface area contributed by atoms with Crippen molar-refractivity contribution in [1.82, 2.24) is 15.8 Å². The third-order valence-corrected chi connectivity index (χ3v) is 3.92. The van der Waals surface area contributed by atoms with E-state index in [0.29, 0.717) is 17.1 Å². The summed E-state index contributed by atoms with van der Waals surface area (Å²) < 4.78 is 37.4. The van der Waals surface area contributed by atoms with Gasteiger partial charge < -0.3 is 8.83 Å². The van der Waals surface area contributed by atoms with Crippen molar-refractivity contribution in [2.75, 3.05) is 0 Å².